The number of carbonyl (C=O) groups excluding carboxylic acids is 2. The molecule has 10 heteroatoms. The summed E-state index contributed by atoms with van der Waals surface area (Å²) in [5.74, 6) is -0.677. The highest BCUT2D eigenvalue weighted by atomic mass is 35.5. The Morgan fingerprint density at radius 3 is 2.16 bits per heavy atom. The lowest BCUT2D eigenvalue weighted by Crippen LogP contribution is -2.53. The summed E-state index contributed by atoms with van der Waals surface area (Å²) in [6.45, 7) is 1.26. The fourth-order valence-corrected chi connectivity index (χ4v) is 6.43. The van der Waals surface area contributed by atoms with Crippen molar-refractivity contribution >= 4 is 39.1 Å². The maximum atomic E-state index is 14.4. The van der Waals surface area contributed by atoms with Crippen LogP contribution in [0.25, 0.3) is 0 Å². The SMILES string of the molecule is CNC(=O)[C@@H](Cc1ccccc1)N(Cc1cccc(Cl)c1)C(=O)CN(c1cc(C)ccc1OC)S(=O)(=O)c1ccccc1. The summed E-state index contributed by atoms with van der Waals surface area (Å²) in [7, 11) is -1.29. The zero-order valence-corrected chi connectivity index (χ0v) is 25.8. The molecule has 2 amide bonds. The molecule has 0 aliphatic heterocycles. The average Bonchev–Trinajstić information content (AvgIpc) is 3.02. The summed E-state index contributed by atoms with van der Waals surface area (Å²) < 4.78 is 34.8. The minimum Gasteiger partial charge on any atom is -0.495 e. The second kappa shape index (κ2) is 14.2. The van der Waals surface area contributed by atoms with Gasteiger partial charge in [0, 0.05) is 25.0 Å². The topological polar surface area (TPSA) is 96.0 Å². The van der Waals surface area contributed by atoms with Crippen molar-refractivity contribution in [1.29, 1.82) is 0 Å². The fraction of sp³-hybridized carbons (Fsp3) is 0.212. The van der Waals surface area contributed by atoms with Crippen LogP contribution in [0.1, 0.15) is 16.7 Å². The zero-order chi connectivity index (χ0) is 31.0. The number of amides is 2. The van der Waals surface area contributed by atoms with Crippen LogP contribution in [0.4, 0.5) is 5.69 Å². The van der Waals surface area contributed by atoms with Crippen LogP contribution < -0.4 is 14.4 Å². The van der Waals surface area contributed by atoms with Gasteiger partial charge in [-0.2, -0.15) is 0 Å². The molecule has 1 N–H and O–H groups in total. The number of nitrogens with one attached hydrogen (secondary N) is 1. The van der Waals surface area contributed by atoms with Crippen LogP contribution >= 0.6 is 11.6 Å². The van der Waals surface area contributed by atoms with Crippen LogP contribution in [-0.4, -0.2) is 51.9 Å². The number of methoxy groups -OCH3 is 1. The summed E-state index contributed by atoms with van der Waals surface area (Å²) in [6, 6.07) is 28.4. The molecule has 4 aromatic carbocycles. The number of hydrogen-bond acceptors (Lipinski definition) is 5. The van der Waals surface area contributed by atoms with Gasteiger partial charge in [0.2, 0.25) is 11.8 Å². The lowest BCUT2D eigenvalue weighted by molar-refractivity contribution is -0.139. The number of rotatable bonds is 12. The molecule has 0 radical (unpaired) electrons. The molecule has 224 valence electrons. The van der Waals surface area contributed by atoms with Gasteiger partial charge in [0.15, 0.2) is 0 Å². The molecule has 0 saturated carbocycles. The average molecular weight is 620 g/mol. The van der Waals surface area contributed by atoms with Gasteiger partial charge in [-0.25, -0.2) is 8.42 Å². The molecule has 4 aromatic rings. The predicted molar refractivity (Wildman–Crippen MR) is 169 cm³/mol. The smallest absolute Gasteiger partial charge is 0.264 e. The molecule has 0 bridgehead atoms. The largest absolute Gasteiger partial charge is 0.495 e. The van der Waals surface area contributed by atoms with Crippen molar-refractivity contribution in [3.05, 3.63) is 125 Å². The van der Waals surface area contributed by atoms with Crippen molar-refractivity contribution in [3.63, 3.8) is 0 Å². The minimum absolute atomic E-state index is 0.0138. The molecular weight excluding hydrogens is 586 g/mol. The molecule has 0 aliphatic rings. The normalized spacial score (nSPS) is 11.8. The third-order valence-electron chi connectivity index (χ3n) is 6.97. The van der Waals surface area contributed by atoms with Gasteiger partial charge < -0.3 is 15.0 Å². The number of benzene rings is 4. The van der Waals surface area contributed by atoms with E-state index in [1.54, 1.807) is 60.7 Å². The summed E-state index contributed by atoms with van der Waals surface area (Å²) in [6.07, 6.45) is 0.214. The van der Waals surface area contributed by atoms with Gasteiger partial charge in [0.05, 0.1) is 17.7 Å². The Morgan fingerprint density at radius 1 is 0.884 bits per heavy atom. The van der Waals surface area contributed by atoms with Gasteiger partial charge in [0.1, 0.15) is 18.3 Å². The standard InChI is InChI=1S/C33H34ClN3O5S/c1-24-17-18-31(42-3)29(19-24)37(43(40,41)28-15-8-5-9-16-28)23-32(38)36(22-26-13-10-14-27(34)20-26)30(33(39)35-2)21-25-11-6-4-7-12-25/h4-20,30H,21-23H2,1-3H3,(H,35,39)/t30-/m1/s1. The third-order valence-corrected chi connectivity index (χ3v) is 8.98. The highest BCUT2D eigenvalue weighted by molar-refractivity contribution is 7.92. The summed E-state index contributed by atoms with van der Waals surface area (Å²) >= 11 is 6.26. The third kappa shape index (κ3) is 7.74. The highest BCUT2D eigenvalue weighted by Gasteiger charge is 2.35. The first-order valence-corrected chi connectivity index (χ1v) is 15.5. The van der Waals surface area contributed by atoms with Crippen LogP contribution in [0, 0.1) is 6.92 Å². The molecular formula is C33H34ClN3O5S. The first-order valence-electron chi connectivity index (χ1n) is 13.7. The Labute approximate surface area is 257 Å². The van der Waals surface area contributed by atoms with E-state index in [0.29, 0.717) is 10.6 Å². The summed E-state index contributed by atoms with van der Waals surface area (Å²) in [5.41, 5.74) is 2.52. The van der Waals surface area contributed by atoms with Crippen LogP contribution in [0.2, 0.25) is 5.02 Å². The second-order valence-corrected chi connectivity index (χ2v) is 12.3. The van der Waals surface area contributed by atoms with E-state index in [1.165, 1.54) is 31.2 Å². The van der Waals surface area contributed by atoms with E-state index in [2.05, 4.69) is 5.32 Å². The molecule has 4 rings (SSSR count). The van der Waals surface area contributed by atoms with Gasteiger partial charge in [-0.05, 0) is 60.0 Å². The lowest BCUT2D eigenvalue weighted by Gasteiger charge is -2.34. The fourth-order valence-electron chi connectivity index (χ4n) is 4.78. The number of hydrogen-bond donors (Lipinski definition) is 1. The lowest BCUT2D eigenvalue weighted by atomic mass is 10.0. The van der Waals surface area contributed by atoms with Gasteiger partial charge in [-0.1, -0.05) is 78.3 Å². The number of ether oxygens (including phenoxy) is 1. The molecule has 0 heterocycles. The van der Waals surface area contributed by atoms with Crippen molar-refractivity contribution in [2.24, 2.45) is 0 Å². The van der Waals surface area contributed by atoms with Crippen LogP contribution in [0.3, 0.4) is 0 Å². The van der Waals surface area contributed by atoms with Crippen molar-refractivity contribution < 1.29 is 22.7 Å². The van der Waals surface area contributed by atoms with Gasteiger partial charge >= 0.3 is 0 Å². The molecule has 0 aliphatic carbocycles. The number of sulfonamides is 1. The Kier molecular flexibility index (Phi) is 10.4. The van der Waals surface area contributed by atoms with E-state index in [1.807, 2.05) is 37.3 Å². The van der Waals surface area contributed by atoms with Crippen molar-refractivity contribution in [3.8, 4) is 5.75 Å². The zero-order valence-electron chi connectivity index (χ0n) is 24.2. The van der Waals surface area contributed by atoms with Crippen LogP contribution in [-0.2, 0) is 32.6 Å². The van der Waals surface area contributed by atoms with Gasteiger partial charge in [-0.15, -0.1) is 0 Å². The molecule has 0 fully saturated rings. The molecule has 43 heavy (non-hydrogen) atoms. The van der Waals surface area contributed by atoms with Crippen LogP contribution in [0.5, 0.6) is 5.75 Å². The van der Waals surface area contributed by atoms with Crippen molar-refractivity contribution in [2.45, 2.75) is 30.8 Å². The number of anilines is 1. The Bertz CT molecular complexity index is 1670. The van der Waals surface area contributed by atoms with Gasteiger partial charge in [-0.3, -0.25) is 13.9 Å². The molecule has 1 atom stereocenters. The minimum atomic E-state index is -4.24. The second-order valence-electron chi connectivity index (χ2n) is 9.97. The number of carbonyl (C=O) groups is 2. The Hall–Kier alpha value is -4.34. The molecule has 0 aromatic heterocycles. The number of halogens is 1. The first-order chi connectivity index (χ1) is 20.6. The highest BCUT2D eigenvalue weighted by Crippen LogP contribution is 2.34. The van der Waals surface area contributed by atoms with E-state index in [9.17, 15) is 18.0 Å². The van der Waals surface area contributed by atoms with Crippen molar-refractivity contribution in [2.75, 3.05) is 25.0 Å². The number of likely N-dealkylation sites (N-methyl/N-ethyl adjacent to an activating group) is 1. The van der Waals surface area contributed by atoms with Crippen molar-refractivity contribution in [1.82, 2.24) is 10.2 Å². The Morgan fingerprint density at radius 2 is 1.53 bits per heavy atom. The Balaban J connectivity index is 1.83. The maximum Gasteiger partial charge on any atom is 0.264 e. The van der Waals surface area contributed by atoms with E-state index < -0.39 is 28.5 Å². The van der Waals surface area contributed by atoms with Crippen LogP contribution in [0.15, 0.2) is 108 Å². The maximum absolute atomic E-state index is 14.4. The summed E-state index contributed by atoms with van der Waals surface area (Å²) in [5, 5.41) is 3.15. The van der Waals surface area contributed by atoms with E-state index in [-0.39, 0.29) is 35.2 Å². The predicted octanol–water partition coefficient (Wildman–Crippen LogP) is 5.24. The number of nitrogens with zero attached hydrogens (tertiary/aromatic N) is 2. The van der Waals surface area contributed by atoms with E-state index in [4.69, 9.17) is 16.3 Å². The number of aryl methyl sites for hydroxylation is 1. The monoisotopic (exact) mass is 619 g/mol. The van der Waals surface area contributed by atoms with E-state index in [0.717, 1.165) is 15.4 Å². The molecule has 0 spiro atoms. The van der Waals surface area contributed by atoms with E-state index >= 15 is 0 Å². The summed E-state index contributed by atoms with van der Waals surface area (Å²) in [4.78, 5) is 29.2. The molecule has 0 saturated heterocycles. The van der Waals surface area contributed by atoms with Gasteiger partial charge in [0.25, 0.3) is 10.0 Å². The molecule has 8 nitrogen and oxygen atoms in total. The molecule has 0 unspecified atom stereocenters. The first kappa shape index (κ1) is 31.6. The quantitative estimate of drug-likeness (QED) is 0.234.